The number of aliphatic hydroxyl groups excluding tert-OH is 1. The van der Waals surface area contributed by atoms with Crippen molar-refractivity contribution in [3.05, 3.63) is 23.8 Å². The number of aliphatic hydroxyl groups is 1. The Bertz CT molecular complexity index is 420. The number of benzene rings is 1. The highest BCUT2D eigenvalue weighted by atomic mass is 16.5. The first-order chi connectivity index (χ1) is 9.74. The molecule has 112 valence electrons. The number of hydrogen-bond donors (Lipinski definition) is 2. The fourth-order valence-electron chi connectivity index (χ4n) is 2.49. The van der Waals surface area contributed by atoms with Crippen LogP contribution in [0.2, 0.25) is 0 Å². The minimum absolute atomic E-state index is 0.532. The maximum Gasteiger partial charge on any atom is 0.124 e. The summed E-state index contributed by atoms with van der Waals surface area (Å²) in [4.78, 5) is 2.37. The van der Waals surface area contributed by atoms with Crippen molar-refractivity contribution in [3.63, 3.8) is 0 Å². The van der Waals surface area contributed by atoms with Gasteiger partial charge in [0.25, 0.3) is 0 Å². The molecule has 20 heavy (non-hydrogen) atoms. The van der Waals surface area contributed by atoms with Crippen LogP contribution in [0.15, 0.2) is 18.2 Å². The van der Waals surface area contributed by atoms with Crippen molar-refractivity contribution in [3.8, 4) is 11.5 Å². The van der Waals surface area contributed by atoms with Crippen molar-refractivity contribution in [2.75, 3.05) is 46.9 Å². The number of nitrogens with one attached hydrogen (secondary N) is 1. The Kier molecular flexibility index (Phi) is 5.64. The molecule has 0 aliphatic carbocycles. The first-order valence-electron chi connectivity index (χ1n) is 7.07. The van der Waals surface area contributed by atoms with Crippen LogP contribution in [0.4, 0.5) is 0 Å². The Morgan fingerprint density at radius 3 is 2.65 bits per heavy atom. The molecule has 1 aromatic carbocycles. The van der Waals surface area contributed by atoms with Crippen molar-refractivity contribution < 1.29 is 14.6 Å². The van der Waals surface area contributed by atoms with E-state index in [4.69, 9.17) is 9.47 Å². The Hall–Kier alpha value is -1.30. The third kappa shape index (κ3) is 3.85. The topological polar surface area (TPSA) is 54.0 Å². The molecule has 1 atom stereocenters. The molecule has 2 N–H and O–H groups in total. The molecular formula is C15H24N2O3. The monoisotopic (exact) mass is 280 g/mol. The summed E-state index contributed by atoms with van der Waals surface area (Å²) in [5.41, 5.74) is 0.794. The van der Waals surface area contributed by atoms with Crippen LogP contribution in [-0.4, -0.2) is 56.9 Å². The average molecular weight is 280 g/mol. The van der Waals surface area contributed by atoms with Crippen LogP contribution in [0.25, 0.3) is 0 Å². The largest absolute Gasteiger partial charge is 0.497 e. The molecule has 1 fully saturated rings. The van der Waals surface area contributed by atoms with E-state index in [0.29, 0.717) is 12.2 Å². The van der Waals surface area contributed by atoms with E-state index in [1.807, 2.05) is 18.2 Å². The molecule has 5 nitrogen and oxygen atoms in total. The predicted molar refractivity (Wildman–Crippen MR) is 78.4 cm³/mol. The fourth-order valence-corrected chi connectivity index (χ4v) is 2.49. The minimum atomic E-state index is -0.532. The molecule has 1 saturated heterocycles. The number of hydrogen-bond acceptors (Lipinski definition) is 5. The third-order valence-electron chi connectivity index (χ3n) is 3.72. The highest BCUT2D eigenvalue weighted by Gasteiger charge is 2.17. The summed E-state index contributed by atoms with van der Waals surface area (Å²) < 4.78 is 10.5. The standard InChI is InChI=1S/C15H24N2O3/c1-19-12-3-4-15(20-2)13(11-12)14(18)5-8-17-9-6-16-7-10-17/h3-4,11,14,16,18H,5-10H2,1-2H3. The van der Waals surface area contributed by atoms with E-state index in [9.17, 15) is 5.11 Å². The van der Waals surface area contributed by atoms with Crippen LogP contribution in [0.1, 0.15) is 18.1 Å². The van der Waals surface area contributed by atoms with E-state index in [2.05, 4.69) is 10.2 Å². The van der Waals surface area contributed by atoms with E-state index >= 15 is 0 Å². The molecule has 0 spiro atoms. The normalized spacial score (nSPS) is 17.8. The number of rotatable bonds is 6. The second kappa shape index (κ2) is 7.47. The summed E-state index contributed by atoms with van der Waals surface area (Å²) >= 11 is 0. The molecular weight excluding hydrogens is 256 g/mol. The van der Waals surface area contributed by atoms with E-state index in [1.54, 1.807) is 14.2 Å². The zero-order valence-electron chi connectivity index (χ0n) is 12.3. The summed E-state index contributed by atoms with van der Waals surface area (Å²) in [5.74, 6) is 1.45. The van der Waals surface area contributed by atoms with Crippen LogP contribution in [0, 0.1) is 0 Å². The molecule has 1 heterocycles. The van der Waals surface area contributed by atoms with Gasteiger partial charge < -0.3 is 24.8 Å². The van der Waals surface area contributed by atoms with Crippen LogP contribution in [-0.2, 0) is 0 Å². The van der Waals surface area contributed by atoms with Gasteiger partial charge in [0.2, 0.25) is 0 Å². The van der Waals surface area contributed by atoms with Gasteiger partial charge in [-0.3, -0.25) is 0 Å². The molecule has 0 aromatic heterocycles. The van der Waals surface area contributed by atoms with Crippen molar-refractivity contribution in [1.29, 1.82) is 0 Å². The molecule has 1 unspecified atom stereocenters. The first-order valence-corrected chi connectivity index (χ1v) is 7.07. The molecule has 1 aromatic rings. The highest BCUT2D eigenvalue weighted by molar-refractivity contribution is 5.41. The number of nitrogens with zero attached hydrogens (tertiary/aromatic N) is 1. The Morgan fingerprint density at radius 1 is 1.25 bits per heavy atom. The first kappa shape index (κ1) is 15.1. The minimum Gasteiger partial charge on any atom is -0.497 e. The van der Waals surface area contributed by atoms with Gasteiger partial charge in [-0.2, -0.15) is 0 Å². The van der Waals surface area contributed by atoms with Gasteiger partial charge in [0.15, 0.2) is 0 Å². The quantitative estimate of drug-likeness (QED) is 0.815. The molecule has 1 aliphatic heterocycles. The second-order valence-electron chi connectivity index (χ2n) is 5.00. The maximum absolute atomic E-state index is 10.4. The molecule has 2 rings (SSSR count). The number of ether oxygens (including phenoxy) is 2. The summed E-state index contributed by atoms with van der Waals surface area (Å²) in [6.07, 6.45) is 0.165. The van der Waals surface area contributed by atoms with Gasteiger partial charge in [0, 0.05) is 38.3 Å². The molecule has 0 saturated carbocycles. The lowest BCUT2D eigenvalue weighted by atomic mass is 10.0. The zero-order valence-corrected chi connectivity index (χ0v) is 12.3. The lowest BCUT2D eigenvalue weighted by Gasteiger charge is -2.28. The van der Waals surface area contributed by atoms with Crippen molar-refractivity contribution in [2.45, 2.75) is 12.5 Å². The lowest BCUT2D eigenvalue weighted by molar-refractivity contribution is 0.134. The predicted octanol–water partition coefficient (Wildman–Crippen LogP) is 1.03. The molecule has 1 aliphatic rings. The Labute approximate surface area is 120 Å². The third-order valence-corrected chi connectivity index (χ3v) is 3.72. The van der Waals surface area contributed by atoms with Crippen molar-refractivity contribution >= 4 is 0 Å². The Morgan fingerprint density at radius 2 is 2.00 bits per heavy atom. The van der Waals surface area contributed by atoms with E-state index in [-0.39, 0.29) is 0 Å². The molecule has 0 radical (unpaired) electrons. The van der Waals surface area contributed by atoms with Crippen molar-refractivity contribution in [2.24, 2.45) is 0 Å². The summed E-state index contributed by atoms with van der Waals surface area (Å²) in [5, 5.41) is 13.7. The van der Waals surface area contributed by atoms with Gasteiger partial charge in [-0.05, 0) is 24.6 Å². The van der Waals surface area contributed by atoms with Crippen LogP contribution in [0.5, 0.6) is 11.5 Å². The average Bonchev–Trinajstić information content (AvgIpc) is 2.52. The highest BCUT2D eigenvalue weighted by Crippen LogP contribution is 2.31. The second-order valence-corrected chi connectivity index (χ2v) is 5.00. The number of piperazine rings is 1. The SMILES string of the molecule is COc1ccc(OC)c(C(O)CCN2CCNCC2)c1. The fraction of sp³-hybridized carbons (Fsp3) is 0.600. The van der Waals surface area contributed by atoms with E-state index < -0.39 is 6.10 Å². The summed E-state index contributed by atoms with van der Waals surface area (Å²) in [6.45, 7) is 5.03. The van der Waals surface area contributed by atoms with Gasteiger partial charge in [-0.25, -0.2) is 0 Å². The van der Waals surface area contributed by atoms with Crippen LogP contribution < -0.4 is 14.8 Å². The molecule has 0 amide bonds. The zero-order chi connectivity index (χ0) is 14.4. The molecule has 0 bridgehead atoms. The van der Waals surface area contributed by atoms with Crippen molar-refractivity contribution in [1.82, 2.24) is 10.2 Å². The van der Waals surface area contributed by atoms with Gasteiger partial charge in [-0.15, -0.1) is 0 Å². The van der Waals surface area contributed by atoms with E-state index in [1.165, 1.54) is 0 Å². The van der Waals surface area contributed by atoms with Crippen LogP contribution >= 0.6 is 0 Å². The van der Waals surface area contributed by atoms with E-state index in [0.717, 1.165) is 44.0 Å². The maximum atomic E-state index is 10.4. The smallest absolute Gasteiger partial charge is 0.124 e. The summed E-state index contributed by atoms with van der Waals surface area (Å²) in [6, 6.07) is 5.52. The number of methoxy groups -OCH3 is 2. The van der Waals surface area contributed by atoms with Gasteiger partial charge in [0.1, 0.15) is 11.5 Å². The molecule has 5 heteroatoms. The summed E-state index contributed by atoms with van der Waals surface area (Å²) in [7, 11) is 3.24. The van der Waals surface area contributed by atoms with Gasteiger partial charge in [-0.1, -0.05) is 0 Å². The lowest BCUT2D eigenvalue weighted by Crippen LogP contribution is -2.44. The van der Waals surface area contributed by atoms with Crippen LogP contribution in [0.3, 0.4) is 0 Å². The van der Waals surface area contributed by atoms with Gasteiger partial charge in [0.05, 0.1) is 20.3 Å². The Balaban J connectivity index is 1.98. The van der Waals surface area contributed by atoms with Gasteiger partial charge >= 0.3 is 0 Å².